The summed E-state index contributed by atoms with van der Waals surface area (Å²) in [6.07, 6.45) is 1.88. The lowest BCUT2D eigenvalue weighted by molar-refractivity contribution is -0.131. The molecule has 21 heavy (non-hydrogen) atoms. The number of aryl methyl sites for hydroxylation is 1. The Morgan fingerprint density at radius 1 is 1.24 bits per heavy atom. The van der Waals surface area contributed by atoms with Gasteiger partial charge in [-0.15, -0.1) is 11.3 Å². The van der Waals surface area contributed by atoms with Crippen molar-refractivity contribution in [2.45, 2.75) is 26.2 Å². The highest BCUT2D eigenvalue weighted by molar-refractivity contribution is 7.09. The summed E-state index contributed by atoms with van der Waals surface area (Å²) in [5, 5.41) is 2.03. The molecule has 1 aliphatic rings. The van der Waals surface area contributed by atoms with Crippen molar-refractivity contribution in [1.82, 2.24) is 9.80 Å². The summed E-state index contributed by atoms with van der Waals surface area (Å²) < 4.78 is 5.01. The minimum Gasteiger partial charge on any atom is -0.450 e. The first kappa shape index (κ1) is 15.8. The minimum atomic E-state index is -0.273. The zero-order valence-corrected chi connectivity index (χ0v) is 13.2. The monoisotopic (exact) mass is 310 g/mol. The smallest absolute Gasteiger partial charge is 0.409 e. The Labute approximate surface area is 129 Å². The van der Waals surface area contributed by atoms with E-state index in [9.17, 15) is 9.59 Å². The Bertz CT molecular complexity index is 461. The van der Waals surface area contributed by atoms with Gasteiger partial charge >= 0.3 is 6.09 Å². The predicted octanol–water partition coefficient (Wildman–Crippen LogP) is 2.37. The van der Waals surface area contributed by atoms with Crippen LogP contribution in [-0.4, -0.2) is 54.6 Å². The van der Waals surface area contributed by atoms with E-state index < -0.39 is 0 Å². The largest absolute Gasteiger partial charge is 0.450 e. The zero-order chi connectivity index (χ0) is 15.1. The molecule has 1 saturated heterocycles. The molecule has 0 aromatic carbocycles. The lowest BCUT2D eigenvalue weighted by atomic mass is 10.2. The van der Waals surface area contributed by atoms with Crippen molar-refractivity contribution in [3.8, 4) is 0 Å². The lowest BCUT2D eigenvalue weighted by Crippen LogP contribution is -2.37. The molecule has 5 nitrogen and oxygen atoms in total. The molecule has 2 heterocycles. The lowest BCUT2D eigenvalue weighted by Gasteiger charge is -2.21. The SMILES string of the molecule is CCOC(=O)N1CCCN(C(=O)CCc2cccs2)CC1. The number of amides is 2. The van der Waals surface area contributed by atoms with E-state index in [0.29, 0.717) is 32.7 Å². The minimum absolute atomic E-state index is 0.175. The fourth-order valence-corrected chi connectivity index (χ4v) is 3.12. The van der Waals surface area contributed by atoms with Gasteiger partial charge in [-0.25, -0.2) is 4.79 Å². The van der Waals surface area contributed by atoms with E-state index in [0.717, 1.165) is 19.4 Å². The topological polar surface area (TPSA) is 49.9 Å². The molecule has 1 aromatic rings. The van der Waals surface area contributed by atoms with Crippen LogP contribution in [0.3, 0.4) is 0 Å². The van der Waals surface area contributed by atoms with Gasteiger partial charge in [0.15, 0.2) is 0 Å². The van der Waals surface area contributed by atoms with Crippen LogP contribution in [0, 0.1) is 0 Å². The second-order valence-electron chi connectivity index (χ2n) is 5.00. The summed E-state index contributed by atoms with van der Waals surface area (Å²) in [6.45, 7) is 4.73. The fraction of sp³-hybridized carbons (Fsp3) is 0.600. The molecule has 0 N–H and O–H groups in total. The van der Waals surface area contributed by atoms with Crippen molar-refractivity contribution in [2.75, 3.05) is 32.8 Å². The van der Waals surface area contributed by atoms with Gasteiger partial charge in [0.1, 0.15) is 0 Å². The maximum atomic E-state index is 12.2. The van der Waals surface area contributed by atoms with E-state index in [4.69, 9.17) is 4.74 Å². The molecule has 0 atom stereocenters. The van der Waals surface area contributed by atoms with Crippen molar-refractivity contribution >= 4 is 23.3 Å². The van der Waals surface area contributed by atoms with E-state index in [1.165, 1.54) is 4.88 Å². The number of carbonyl (C=O) groups excluding carboxylic acids is 2. The molecule has 6 heteroatoms. The summed E-state index contributed by atoms with van der Waals surface area (Å²) in [5.41, 5.74) is 0. The Kier molecular flexibility index (Phi) is 6.04. The average Bonchev–Trinajstić information content (AvgIpc) is 2.87. The van der Waals surface area contributed by atoms with Gasteiger partial charge in [-0.3, -0.25) is 4.79 Å². The molecule has 0 unspecified atom stereocenters. The van der Waals surface area contributed by atoms with Crippen LogP contribution in [0.25, 0.3) is 0 Å². The number of thiophene rings is 1. The Balaban J connectivity index is 1.79. The number of rotatable bonds is 4. The van der Waals surface area contributed by atoms with Gasteiger partial charge in [0.2, 0.25) is 5.91 Å². The van der Waals surface area contributed by atoms with E-state index >= 15 is 0 Å². The summed E-state index contributed by atoms with van der Waals surface area (Å²) in [7, 11) is 0. The summed E-state index contributed by atoms with van der Waals surface area (Å²) in [6, 6.07) is 4.07. The third kappa shape index (κ3) is 4.74. The van der Waals surface area contributed by atoms with Crippen LogP contribution in [0.2, 0.25) is 0 Å². The average molecular weight is 310 g/mol. The van der Waals surface area contributed by atoms with E-state index in [1.807, 2.05) is 16.3 Å². The third-order valence-electron chi connectivity index (χ3n) is 3.54. The van der Waals surface area contributed by atoms with Crippen molar-refractivity contribution in [3.05, 3.63) is 22.4 Å². The van der Waals surface area contributed by atoms with Gasteiger partial charge in [-0.05, 0) is 31.2 Å². The first-order valence-electron chi connectivity index (χ1n) is 7.42. The van der Waals surface area contributed by atoms with Gasteiger partial charge in [0.05, 0.1) is 6.61 Å². The van der Waals surface area contributed by atoms with Gasteiger partial charge < -0.3 is 14.5 Å². The van der Waals surface area contributed by atoms with Crippen LogP contribution in [0.4, 0.5) is 4.79 Å². The number of nitrogens with zero attached hydrogens (tertiary/aromatic N) is 2. The third-order valence-corrected chi connectivity index (χ3v) is 4.48. The van der Waals surface area contributed by atoms with Gasteiger partial charge in [-0.1, -0.05) is 6.07 Å². The van der Waals surface area contributed by atoms with Crippen LogP contribution < -0.4 is 0 Å². The first-order chi connectivity index (χ1) is 10.2. The molecule has 1 aliphatic heterocycles. The van der Waals surface area contributed by atoms with Gasteiger partial charge in [-0.2, -0.15) is 0 Å². The quantitative estimate of drug-likeness (QED) is 0.858. The molecular weight excluding hydrogens is 288 g/mol. The normalized spacial score (nSPS) is 15.7. The van der Waals surface area contributed by atoms with Crippen molar-refractivity contribution in [1.29, 1.82) is 0 Å². The van der Waals surface area contributed by atoms with E-state index in [-0.39, 0.29) is 12.0 Å². The number of ether oxygens (including phenoxy) is 1. The van der Waals surface area contributed by atoms with Crippen LogP contribution in [0.5, 0.6) is 0 Å². The molecule has 2 rings (SSSR count). The van der Waals surface area contributed by atoms with Gasteiger partial charge in [0.25, 0.3) is 0 Å². The summed E-state index contributed by atoms with van der Waals surface area (Å²) in [5.74, 6) is 0.175. The van der Waals surface area contributed by atoms with Crippen LogP contribution >= 0.6 is 11.3 Å². The molecule has 0 spiro atoms. The Morgan fingerprint density at radius 2 is 2.00 bits per heavy atom. The molecule has 0 saturated carbocycles. The number of carbonyl (C=O) groups is 2. The van der Waals surface area contributed by atoms with Gasteiger partial charge in [0, 0.05) is 37.5 Å². The number of hydrogen-bond acceptors (Lipinski definition) is 4. The second kappa shape index (κ2) is 8.02. The first-order valence-corrected chi connectivity index (χ1v) is 8.30. The fourth-order valence-electron chi connectivity index (χ4n) is 2.41. The van der Waals surface area contributed by atoms with Crippen molar-refractivity contribution in [2.24, 2.45) is 0 Å². The highest BCUT2D eigenvalue weighted by Crippen LogP contribution is 2.13. The maximum absolute atomic E-state index is 12.2. The predicted molar refractivity (Wildman–Crippen MR) is 82.4 cm³/mol. The molecule has 0 radical (unpaired) electrons. The van der Waals surface area contributed by atoms with Crippen molar-refractivity contribution < 1.29 is 14.3 Å². The van der Waals surface area contributed by atoms with Crippen LogP contribution in [0.15, 0.2) is 17.5 Å². The van der Waals surface area contributed by atoms with Crippen LogP contribution in [-0.2, 0) is 16.0 Å². The highest BCUT2D eigenvalue weighted by Gasteiger charge is 2.22. The van der Waals surface area contributed by atoms with Crippen LogP contribution in [0.1, 0.15) is 24.6 Å². The molecule has 2 amide bonds. The molecule has 0 aliphatic carbocycles. The molecule has 1 aromatic heterocycles. The standard InChI is InChI=1S/C15H22N2O3S/c1-2-20-15(19)17-9-4-8-16(10-11-17)14(18)7-6-13-5-3-12-21-13/h3,5,12H,2,4,6-11H2,1H3. The van der Waals surface area contributed by atoms with Crippen molar-refractivity contribution in [3.63, 3.8) is 0 Å². The molecule has 116 valence electrons. The van der Waals surface area contributed by atoms with E-state index in [2.05, 4.69) is 6.07 Å². The zero-order valence-electron chi connectivity index (χ0n) is 12.4. The Hall–Kier alpha value is -1.56. The number of hydrogen-bond donors (Lipinski definition) is 0. The van der Waals surface area contributed by atoms with E-state index in [1.54, 1.807) is 23.2 Å². The molecule has 0 bridgehead atoms. The Morgan fingerprint density at radius 3 is 2.71 bits per heavy atom. The summed E-state index contributed by atoms with van der Waals surface area (Å²) >= 11 is 1.69. The second-order valence-corrected chi connectivity index (χ2v) is 6.03. The maximum Gasteiger partial charge on any atom is 0.409 e. The molecule has 1 fully saturated rings. The summed E-state index contributed by atoms with van der Waals surface area (Å²) in [4.78, 5) is 28.8. The highest BCUT2D eigenvalue weighted by atomic mass is 32.1. The molecular formula is C15H22N2O3S.